The molecule has 7 heteroatoms. The van der Waals surface area contributed by atoms with Gasteiger partial charge in [-0.15, -0.1) is 0 Å². The van der Waals surface area contributed by atoms with Gasteiger partial charge in [-0.2, -0.15) is 4.31 Å². The molecule has 0 bridgehead atoms. The van der Waals surface area contributed by atoms with E-state index in [0.29, 0.717) is 38.8 Å². The van der Waals surface area contributed by atoms with Crippen molar-refractivity contribution in [1.29, 1.82) is 0 Å². The van der Waals surface area contributed by atoms with Crippen LogP contribution in [0.2, 0.25) is 0 Å². The van der Waals surface area contributed by atoms with E-state index >= 15 is 0 Å². The van der Waals surface area contributed by atoms with Gasteiger partial charge in [0, 0.05) is 32.5 Å². The summed E-state index contributed by atoms with van der Waals surface area (Å²) in [5.41, 5.74) is 0.643. The fourth-order valence-corrected chi connectivity index (χ4v) is 4.12. The molecule has 0 N–H and O–H groups in total. The van der Waals surface area contributed by atoms with Crippen molar-refractivity contribution < 1.29 is 17.9 Å². The Kier molecular flexibility index (Phi) is 4.49. The molecular formula is C15H22N2O4S. The Morgan fingerprint density at radius 2 is 2.27 bits per heavy atom. The van der Waals surface area contributed by atoms with Crippen molar-refractivity contribution in [2.45, 2.75) is 25.0 Å². The Morgan fingerprint density at radius 3 is 2.95 bits per heavy atom. The van der Waals surface area contributed by atoms with Crippen molar-refractivity contribution in [3.8, 4) is 0 Å². The highest BCUT2D eigenvalue weighted by Crippen LogP contribution is 2.42. The summed E-state index contributed by atoms with van der Waals surface area (Å²) in [6, 6.07) is 5.77. The second-order valence-corrected chi connectivity index (χ2v) is 8.07. The molecule has 1 atom stereocenters. The zero-order chi connectivity index (χ0) is 15.6. The molecule has 0 radical (unpaired) electrons. The van der Waals surface area contributed by atoms with Gasteiger partial charge in [-0.1, -0.05) is 6.07 Å². The molecule has 2 fully saturated rings. The summed E-state index contributed by atoms with van der Waals surface area (Å²) in [6.07, 6.45) is 4.88. The maximum absolute atomic E-state index is 11.5. The second-order valence-electron chi connectivity index (χ2n) is 6.09. The minimum Gasteiger partial charge on any atom is -0.375 e. The maximum Gasteiger partial charge on any atom is 0.211 e. The number of hydrogen-bond acceptors (Lipinski definition) is 5. The number of sulfonamides is 1. The Balaban J connectivity index is 1.45. The summed E-state index contributed by atoms with van der Waals surface area (Å²) in [7, 11) is -3.10. The average molecular weight is 326 g/mol. The maximum atomic E-state index is 11.5. The van der Waals surface area contributed by atoms with Gasteiger partial charge in [0.2, 0.25) is 10.0 Å². The summed E-state index contributed by atoms with van der Waals surface area (Å²) in [5, 5.41) is 0. The molecule has 1 spiro atoms. The third kappa shape index (κ3) is 3.32. The molecule has 6 nitrogen and oxygen atoms in total. The van der Waals surface area contributed by atoms with Gasteiger partial charge in [-0.25, -0.2) is 8.42 Å². The quantitative estimate of drug-likeness (QED) is 0.731. The van der Waals surface area contributed by atoms with Crippen molar-refractivity contribution in [3.63, 3.8) is 0 Å². The lowest BCUT2D eigenvalue weighted by Gasteiger charge is -2.48. The monoisotopic (exact) mass is 326 g/mol. The molecule has 3 rings (SSSR count). The van der Waals surface area contributed by atoms with Crippen LogP contribution in [-0.4, -0.2) is 55.9 Å². The van der Waals surface area contributed by atoms with Gasteiger partial charge in [0.15, 0.2) is 0 Å². The van der Waals surface area contributed by atoms with Crippen LogP contribution in [0.4, 0.5) is 0 Å². The van der Waals surface area contributed by atoms with Crippen LogP contribution in [-0.2, 0) is 26.1 Å². The van der Waals surface area contributed by atoms with E-state index < -0.39 is 10.0 Å². The van der Waals surface area contributed by atoms with Crippen LogP contribution in [0, 0.1) is 5.92 Å². The van der Waals surface area contributed by atoms with Gasteiger partial charge in [-0.05, 0) is 30.9 Å². The van der Waals surface area contributed by atoms with Gasteiger partial charge in [0.05, 0.1) is 24.2 Å². The molecule has 0 aromatic carbocycles. The first-order valence-electron chi connectivity index (χ1n) is 7.56. The first-order valence-corrected chi connectivity index (χ1v) is 9.41. The Morgan fingerprint density at radius 1 is 1.45 bits per heavy atom. The van der Waals surface area contributed by atoms with E-state index in [4.69, 9.17) is 9.47 Å². The lowest BCUT2D eigenvalue weighted by Crippen LogP contribution is -2.65. The Hall–Kier alpha value is -1.02. The van der Waals surface area contributed by atoms with E-state index in [0.717, 1.165) is 18.5 Å². The molecule has 2 saturated heterocycles. The Bertz CT molecular complexity index is 599. The van der Waals surface area contributed by atoms with Crippen molar-refractivity contribution in [1.82, 2.24) is 9.29 Å². The van der Waals surface area contributed by atoms with E-state index in [-0.39, 0.29) is 5.60 Å². The van der Waals surface area contributed by atoms with Crippen molar-refractivity contribution in [2.24, 2.45) is 5.92 Å². The fourth-order valence-electron chi connectivity index (χ4n) is 3.21. The van der Waals surface area contributed by atoms with E-state index in [1.165, 1.54) is 10.6 Å². The second kappa shape index (κ2) is 6.23. The smallest absolute Gasteiger partial charge is 0.211 e. The molecule has 0 aliphatic carbocycles. The zero-order valence-electron chi connectivity index (χ0n) is 12.8. The van der Waals surface area contributed by atoms with Crippen LogP contribution in [0.25, 0.3) is 0 Å². The third-order valence-electron chi connectivity index (χ3n) is 4.54. The van der Waals surface area contributed by atoms with Gasteiger partial charge >= 0.3 is 0 Å². The highest BCUT2D eigenvalue weighted by Gasteiger charge is 2.55. The molecule has 1 aromatic rings. The number of hydrogen-bond donors (Lipinski definition) is 0. The summed E-state index contributed by atoms with van der Waals surface area (Å²) in [6.45, 7) is 2.83. The van der Waals surface area contributed by atoms with Gasteiger partial charge < -0.3 is 9.47 Å². The van der Waals surface area contributed by atoms with Gasteiger partial charge in [0.1, 0.15) is 0 Å². The number of nitrogens with zero attached hydrogens (tertiary/aromatic N) is 2. The zero-order valence-corrected chi connectivity index (χ0v) is 13.6. The summed E-state index contributed by atoms with van der Waals surface area (Å²) in [4.78, 5) is 4.22. The minimum absolute atomic E-state index is 0.280. The molecule has 0 amide bonds. The van der Waals surface area contributed by atoms with Crippen LogP contribution in [0.1, 0.15) is 18.5 Å². The first kappa shape index (κ1) is 15.9. The predicted molar refractivity (Wildman–Crippen MR) is 81.7 cm³/mol. The van der Waals surface area contributed by atoms with Crippen LogP contribution in [0.3, 0.4) is 0 Å². The fraction of sp³-hybridized carbons (Fsp3) is 0.667. The molecular weight excluding hydrogens is 304 g/mol. The molecule has 2 aliphatic heterocycles. The lowest BCUT2D eigenvalue weighted by molar-refractivity contribution is -0.105. The molecule has 1 aromatic heterocycles. The molecule has 3 heterocycles. The summed E-state index contributed by atoms with van der Waals surface area (Å²) in [5.74, 6) is 0.370. The normalized spacial score (nSPS) is 24.5. The summed E-state index contributed by atoms with van der Waals surface area (Å²) >= 11 is 0. The largest absolute Gasteiger partial charge is 0.375 e. The molecule has 2 aliphatic rings. The van der Waals surface area contributed by atoms with E-state index in [9.17, 15) is 8.42 Å². The van der Waals surface area contributed by atoms with Crippen molar-refractivity contribution in [2.75, 3.05) is 32.6 Å². The van der Waals surface area contributed by atoms with E-state index in [2.05, 4.69) is 4.98 Å². The number of ether oxygens (including phenoxy) is 2. The van der Waals surface area contributed by atoms with E-state index in [1.807, 2.05) is 18.2 Å². The average Bonchev–Trinajstić information content (AvgIpc) is 2.86. The van der Waals surface area contributed by atoms with Gasteiger partial charge in [-0.3, -0.25) is 4.98 Å². The van der Waals surface area contributed by atoms with Crippen LogP contribution < -0.4 is 0 Å². The third-order valence-corrected chi connectivity index (χ3v) is 5.74. The standard InChI is InChI=1S/C15H22N2O4S/c1-22(18,19)17-11-15(12-17)13(6-9-21-15)5-8-20-10-14-4-2-3-7-16-14/h2-4,7,13H,5-6,8-12H2,1H3/t13-/m0/s1. The van der Waals surface area contributed by atoms with Crippen LogP contribution in [0.15, 0.2) is 24.4 Å². The number of rotatable bonds is 6. The van der Waals surface area contributed by atoms with Crippen molar-refractivity contribution in [3.05, 3.63) is 30.1 Å². The highest BCUT2D eigenvalue weighted by molar-refractivity contribution is 7.88. The van der Waals surface area contributed by atoms with Gasteiger partial charge in [0.25, 0.3) is 0 Å². The number of pyridine rings is 1. The van der Waals surface area contributed by atoms with Crippen molar-refractivity contribution >= 4 is 10.0 Å². The predicted octanol–water partition coefficient (Wildman–Crippen LogP) is 1.04. The van der Waals surface area contributed by atoms with E-state index in [1.54, 1.807) is 6.20 Å². The summed E-state index contributed by atoms with van der Waals surface area (Å²) < 4.78 is 36.1. The first-order chi connectivity index (χ1) is 10.5. The molecule has 0 saturated carbocycles. The minimum atomic E-state index is -3.10. The number of aromatic nitrogens is 1. The lowest BCUT2D eigenvalue weighted by atomic mass is 9.80. The highest BCUT2D eigenvalue weighted by atomic mass is 32.2. The SMILES string of the molecule is CS(=O)(=O)N1CC2(C1)OCC[C@@H]2CCOCc1ccccn1. The molecule has 0 unspecified atom stereocenters. The Labute approximate surface area is 131 Å². The molecule has 22 heavy (non-hydrogen) atoms. The molecule has 122 valence electrons. The topological polar surface area (TPSA) is 68.7 Å². The van der Waals surface area contributed by atoms with Crippen LogP contribution in [0.5, 0.6) is 0 Å². The van der Waals surface area contributed by atoms with Crippen LogP contribution >= 0.6 is 0 Å².